The summed E-state index contributed by atoms with van der Waals surface area (Å²) in [6.07, 6.45) is 3.49. The second-order valence-electron chi connectivity index (χ2n) is 8.62. The molecule has 1 aliphatic rings. The van der Waals surface area contributed by atoms with Crippen molar-refractivity contribution in [2.45, 2.75) is 44.4 Å². The first-order valence-electron chi connectivity index (χ1n) is 11.5. The minimum absolute atomic E-state index is 0.0866. The van der Waals surface area contributed by atoms with Crippen molar-refractivity contribution in [2.75, 3.05) is 0 Å². The first-order valence-corrected chi connectivity index (χ1v) is 11.5. The quantitative estimate of drug-likeness (QED) is 0.516. The average Bonchev–Trinajstić information content (AvgIpc) is 2.89. The molecule has 0 heterocycles. The highest BCUT2D eigenvalue weighted by Gasteiger charge is 2.21. The summed E-state index contributed by atoms with van der Waals surface area (Å²) in [5.41, 5.74) is 8.33. The lowest BCUT2D eigenvalue weighted by Gasteiger charge is -2.26. The zero-order chi connectivity index (χ0) is 24.6. The predicted octanol–water partition coefficient (Wildman–Crippen LogP) is 4.80. The molecule has 1 amide bonds. The van der Waals surface area contributed by atoms with E-state index in [2.05, 4.69) is 17.5 Å². The van der Waals surface area contributed by atoms with E-state index >= 15 is 0 Å². The van der Waals surface area contributed by atoms with Gasteiger partial charge in [-0.25, -0.2) is 0 Å². The van der Waals surface area contributed by atoms with Crippen LogP contribution in [0.4, 0.5) is 0 Å². The van der Waals surface area contributed by atoms with Crippen LogP contribution in [0, 0.1) is 22.7 Å². The number of amides is 1. The fourth-order valence-electron chi connectivity index (χ4n) is 4.01. The van der Waals surface area contributed by atoms with E-state index in [0.29, 0.717) is 33.9 Å². The molecule has 0 bridgehead atoms. The highest BCUT2D eigenvalue weighted by molar-refractivity contribution is 5.95. The molecule has 7 heteroatoms. The van der Waals surface area contributed by atoms with Crippen LogP contribution in [0.15, 0.2) is 66.7 Å². The van der Waals surface area contributed by atoms with E-state index in [9.17, 15) is 4.79 Å². The molecule has 0 aromatic heterocycles. The van der Waals surface area contributed by atoms with Crippen molar-refractivity contribution in [2.24, 2.45) is 5.73 Å². The SMILES string of the molecule is N#Cc1ccc(Oc2cc(OCc3cccc(C#N)c3)cc(C(=O)NC3CCC(N)CC3)c2)cc1. The Balaban J connectivity index is 1.54. The number of hydrogen-bond acceptors (Lipinski definition) is 6. The molecule has 35 heavy (non-hydrogen) atoms. The number of nitrogens with one attached hydrogen (secondary N) is 1. The molecule has 0 radical (unpaired) electrons. The summed E-state index contributed by atoms with van der Waals surface area (Å²) in [6, 6.07) is 23.5. The second-order valence-corrected chi connectivity index (χ2v) is 8.62. The van der Waals surface area contributed by atoms with Crippen LogP contribution >= 0.6 is 0 Å². The van der Waals surface area contributed by atoms with Crippen LogP contribution in [0.5, 0.6) is 17.2 Å². The number of nitriles is 2. The number of hydrogen-bond donors (Lipinski definition) is 2. The lowest BCUT2D eigenvalue weighted by Crippen LogP contribution is -2.40. The minimum atomic E-state index is -0.202. The summed E-state index contributed by atoms with van der Waals surface area (Å²) in [5.74, 6) is 1.24. The lowest BCUT2D eigenvalue weighted by molar-refractivity contribution is 0.0925. The van der Waals surface area contributed by atoms with Gasteiger partial charge in [-0.3, -0.25) is 4.79 Å². The van der Waals surface area contributed by atoms with E-state index in [1.807, 2.05) is 6.07 Å². The van der Waals surface area contributed by atoms with Crippen LogP contribution in [0.1, 0.15) is 52.7 Å². The van der Waals surface area contributed by atoms with E-state index in [4.69, 9.17) is 25.7 Å². The predicted molar refractivity (Wildman–Crippen MR) is 131 cm³/mol. The third kappa shape index (κ3) is 6.60. The van der Waals surface area contributed by atoms with Gasteiger partial charge in [0.25, 0.3) is 5.91 Å². The molecule has 1 aliphatic carbocycles. The van der Waals surface area contributed by atoms with Crippen molar-refractivity contribution >= 4 is 5.91 Å². The molecule has 0 aliphatic heterocycles. The van der Waals surface area contributed by atoms with Gasteiger partial charge in [-0.05, 0) is 79.8 Å². The molecular weight excluding hydrogens is 440 g/mol. The van der Waals surface area contributed by atoms with E-state index in [1.54, 1.807) is 60.7 Å². The van der Waals surface area contributed by atoms with Crippen LogP contribution < -0.4 is 20.5 Å². The molecular formula is C28H26N4O3. The van der Waals surface area contributed by atoms with Gasteiger partial charge in [0.05, 0.1) is 23.3 Å². The molecule has 176 valence electrons. The Morgan fingerprint density at radius 1 is 0.886 bits per heavy atom. The molecule has 1 saturated carbocycles. The van der Waals surface area contributed by atoms with Gasteiger partial charge in [-0.2, -0.15) is 10.5 Å². The Kier molecular flexibility index (Phi) is 7.62. The van der Waals surface area contributed by atoms with Gasteiger partial charge in [-0.1, -0.05) is 12.1 Å². The normalized spacial score (nSPS) is 17.0. The number of rotatable bonds is 7. The third-order valence-electron chi connectivity index (χ3n) is 5.93. The molecule has 7 nitrogen and oxygen atoms in total. The number of nitrogens with zero attached hydrogens (tertiary/aromatic N) is 2. The zero-order valence-corrected chi connectivity index (χ0v) is 19.2. The van der Waals surface area contributed by atoms with Crippen LogP contribution in [0.2, 0.25) is 0 Å². The Morgan fingerprint density at radius 3 is 2.31 bits per heavy atom. The first-order chi connectivity index (χ1) is 17.0. The Labute approximate surface area is 204 Å². The van der Waals surface area contributed by atoms with E-state index < -0.39 is 0 Å². The van der Waals surface area contributed by atoms with Gasteiger partial charge in [0.2, 0.25) is 0 Å². The average molecular weight is 467 g/mol. The molecule has 0 saturated heterocycles. The summed E-state index contributed by atoms with van der Waals surface area (Å²) in [7, 11) is 0. The van der Waals surface area contributed by atoms with Crippen molar-refractivity contribution < 1.29 is 14.3 Å². The standard InChI is InChI=1S/C28H26N4O3/c29-16-19-4-10-25(11-5-19)35-27-14-22(28(33)32-24-8-6-23(31)7-9-24)13-26(15-27)34-18-21-3-1-2-20(12-21)17-30/h1-5,10-15,23-24H,6-9,18,31H2,(H,32,33). The fourth-order valence-corrected chi connectivity index (χ4v) is 4.01. The largest absolute Gasteiger partial charge is 0.489 e. The zero-order valence-electron chi connectivity index (χ0n) is 19.2. The molecule has 3 aromatic carbocycles. The van der Waals surface area contributed by atoms with Gasteiger partial charge < -0.3 is 20.5 Å². The molecule has 3 N–H and O–H groups in total. The maximum absolute atomic E-state index is 13.1. The van der Waals surface area contributed by atoms with Crippen molar-refractivity contribution in [3.8, 4) is 29.4 Å². The minimum Gasteiger partial charge on any atom is -0.489 e. The highest BCUT2D eigenvalue weighted by Crippen LogP contribution is 2.29. The van der Waals surface area contributed by atoms with Gasteiger partial charge in [0.15, 0.2) is 0 Å². The first kappa shape index (κ1) is 23.8. The van der Waals surface area contributed by atoms with E-state index in [1.165, 1.54) is 0 Å². The Bertz CT molecular complexity index is 1270. The molecule has 3 aromatic rings. The summed E-state index contributed by atoms with van der Waals surface area (Å²) < 4.78 is 11.9. The fraction of sp³-hybridized carbons (Fsp3) is 0.250. The number of nitrogens with two attached hydrogens (primary N) is 1. The van der Waals surface area contributed by atoms with Crippen molar-refractivity contribution in [3.63, 3.8) is 0 Å². The van der Waals surface area contributed by atoms with Gasteiger partial charge in [-0.15, -0.1) is 0 Å². The smallest absolute Gasteiger partial charge is 0.251 e. The molecule has 4 rings (SSSR count). The van der Waals surface area contributed by atoms with Gasteiger partial charge >= 0.3 is 0 Å². The number of carbonyl (C=O) groups is 1. The number of benzene rings is 3. The summed E-state index contributed by atoms with van der Waals surface area (Å²) in [6.45, 7) is 0.234. The summed E-state index contributed by atoms with van der Waals surface area (Å²) in [4.78, 5) is 13.1. The summed E-state index contributed by atoms with van der Waals surface area (Å²) in [5, 5.41) is 21.2. The highest BCUT2D eigenvalue weighted by atomic mass is 16.5. The maximum atomic E-state index is 13.1. The number of ether oxygens (including phenoxy) is 2. The Morgan fingerprint density at radius 2 is 1.60 bits per heavy atom. The summed E-state index contributed by atoms with van der Waals surface area (Å²) >= 11 is 0. The second kappa shape index (κ2) is 11.2. The van der Waals surface area contributed by atoms with Crippen molar-refractivity contribution in [1.29, 1.82) is 10.5 Å². The molecule has 1 fully saturated rings. The lowest BCUT2D eigenvalue weighted by atomic mass is 9.91. The third-order valence-corrected chi connectivity index (χ3v) is 5.93. The number of carbonyl (C=O) groups excluding carboxylic acids is 1. The van der Waals surface area contributed by atoms with E-state index in [-0.39, 0.29) is 24.6 Å². The van der Waals surface area contributed by atoms with Gasteiger partial charge in [0, 0.05) is 23.7 Å². The van der Waals surface area contributed by atoms with Crippen molar-refractivity contribution in [3.05, 3.63) is 89.0 Å². The molecule has 0 atom stereocenters. The van der Waals surface area contributed by atoms with Gasteiger partial charge in [0.1, 0.15) is 23.9 Å². The van der Waals surface area contributed by atoms with Crippen LogP contribution in [0.25, 0.3) is 0 Å². The van der Waals surface area contributed by atoms with Crippen LogP contribution in [-0.4, -0.2) is 18.0 Å². The van der Waals surface area contributed by atoms with E-state index in [0.717, 1.165) is 31.2 Å². The van der Waals surface area contributed by atoms with Crippen LogP contribution in [-0.2, 0) is 6.61 Å². The molecule has 0 unspecified atom stereocenters. The maximum Gasteiger partial charge on any atom is 0.251 e. The monoisotopic (exact) mass is 466 g/mol. The molecule has 0 spiro atoms. The Hall–Kier alpha value is -4.33. The van der Waals surface area contributed by atoms with Crippen LogP contribution in [0.3, 0.4) is 0 Å². The topological polar surface area (TPSA) is 121 Å². The van der Waals surface area contributed by atoms with Crippen molar-refractivity contribution in [1.82, 2.24) is 5.32 Å².